The summed E-state index contributed by atoms with van der Waals surface area (Å²) in [6, 6.07) is 13.4. The Morgan fingerprint density at radius 2 is 1.98 bits per heavy atom. The maximum atomic E-state index is 15.3. The van der Waals surface area contributed by atoms with Crippen LogP contribution in [0.1, 0.15) is 6.92 Å². The van der Waals surface area contributed by atoms with E-state index in [0.717, 1.165) is 22.7 Å². The highest BCUT2D eigenvalue weighted by Crippen LogP contribution is 2.38. The van der Waals surface area contributed by atoms with Gasteiger partial charge in [-0.3, -0.25) is 9.89 Å². The van der Waals surface area contributed by atoms with Crippen LogP contribution in [-0.4, -0.2) is 53.2 Å². The number of allylic oxidation sites excluding steroid dienone is 2. The van der Waals surface area contributed by atoms with Crippen LogP contribution in [-0.2, 0) is 9.53 Å². The standard InChI is InChI=1S/C30H27F2N5O4/c1-18-17-36(11-12-40-18)26-15-25-19(16-33-35-25)13-28(26)41-27-9-6-21(14-24(27)32)34-29(38)23-3-2-10-37(30(23)39)22-7-4-20(31)5-8-22/h2-10,13-16,18,30,39H,11-12,17H2,1H3,(H,33,35)(H,34,38)/t18-,30?/m1/s1. The van der Waals surface area contributed by atoms with Gasteiger partial charge in [0, 0.05) is 42.1 Å². The second-order valence-electron chi connectivity index (χ2n) is 9.83. The monoisotopic (exact) mass is 559 g/mol. The van der Waals surface area contributed by atoms with Gasteiger partial charge in [-0.2, -0.15) is 5.10 Å². The van der Waals surface area contributed by atoms with Gasteiger partial charge in [0.1, 0.15) is 5.82 Å². The van der Waals surface area contributed by atoms with Crippen LogP contribution in [0.15, 0.2) is 84.7 Å². The van der Waals surface area contributed by atoms with Crippen LogP contribution in [0.4, 0.5) is 25.8 Å². The lowest BCUT2D eigenvalue weighted by Crippen LogP contribution is -2.41. The molecule has 6 rings (SSSR count). The van der Waals surface area contributed by atoms with E-state index in [1.165, 1.54) is 47.4 Å². The average molecular weight is 560 g/mol. The zero-order chi connectivity index (χ0) is 28.5. The Kier molecular flexibility index (Phi) is 7.12. The van der Waals surface area contributed by atoms with Gasteiger partial charge < -0.3 is 29.7 Å². The van der Waals surface area contributed by atoms with Gasteiger partial charge in [0.15, 0.2) is 23.5 Å². The van der Waals surface area contributed by atoms with Gasteiger partial charge in [-0.1, -0.05) is 0 Å². The second-order valence-corrected chi connectivity index (χ2v) is 9.83. The molecule has 210 valence electrons. The number of carbonyl (C=O) groups is 1. The number of hydrogen-bond acceptors (Lipinski definition) is 7. The zero-order valence-electron chi connectivity index (χ0n) is 22.1. The minimum Gasteiger partial charge on any atom is -0.452 e. The van der Waals surface area contributed by atoms with Crippen molar-refractivity contribution in [1.82, 2.24) is 10.2 Å². The number of H-pyrrole nitrogens is 1. The quantitative estimate of drug-likeness (QED) is 0.303. The van der Waals surface area contributed by atoms with Crippen LogP contribution >= 0.6 is 0 Å². The Bertz CT molecular complexity index is 1650. The number of halogens is 2. The summed E-state index contributed by atoms with van der Waals surface area (Å²) in [5, 5.41) is 21.3. The number of nitrogens with zero attached hydrogens (tertiary/aromatic N) is 3. The molecule has 0 saturated carbocycles. The van der Waals surface area contributed by atoms with Gasteiger partial charge in [-0.25, -0.2) is 8.78 Å². The summed E-state index contributed by atoms with van der Waals surface area (Å²) in [5.74, 6) is -1.26. The number of carbonyl (C=O) groups excluding carboxylic acids is 1. The minimum atomic E-state index is -1.32. The largest absolute Gasteiger partial charge is 0.452 e. The van der Waals surface area contributed by atoms with Crippen molar-refractivity contribution in [3.05, 3.63) is 96.4 Å². The smallest absolute Gasteiger partial charge is 0.256 e. The number of morpholine rings is 1. The van der Waals surface area contributed by atoms with Gasteiger partial charge in [-0.15, -0.1) is 0 Å². The van der Waals surface area contributed by atoms with Crippen LogP contribution < -0.4 is 19.9 Å². The summed E-state index contributed by atoms with van der Waals surface area (Å²) >= 11 is 0. The van der Waals surface area contributed by atoms with Gasteiger partial charge in [0.2, 0.25) is 0 Å². The van der Waals surface area contributed by atoms with Crippen LogP contribution in [0.25, 0.3) is 10.9 Å². The molecule has 1 unspecified atom stereocenters. The molecule has 1 fully saturated rings. The number of rotatable bonds is 6. The summed E-state index contributed by atoms with van der Waals surface area (Å²) in [6.07, 6.45) is 5.01. The van der Waals surface area contributed by atoms with Crippen molar-refractivity contribution in [2.75, 3.05) is 34.8 Å². The van der Waals surface area contributed by atoms with Gasteiger partial charge in [0.25, 0.3) is 5.91 Å². The number of aromatic nitrogens is 2. The third-order valence-electron chi connectivity index (χ3n) is 6.96. The average Bonchev–Trinajstić information content (AvgIpc) is 3.42. The van der Waals surface area contributed by atoms with Crippen LogP contribution in [0, 0.1) is 11.6 Å². The summed E-state index contributed by atoms with van der Waals surface area (Å²) in [4.78, 5) is 16.6. The highest BCUT2D eigenvalue weighted by atomic mass is 19.1. The van der Waals surface area contributed by atoms with Crippen molar-refractivity contribution < 1.29 is 28.2 Å². The van der Waals surface area contributed by atoms with Crippen LogP contribution in [0.3, 0.4) is 0 Å². The molecule has 3 aromatic carbocycles. The van der Waals surface area contributed by atoms with Gasteiger partial charge in [-0.05, 0) is 67.6 Å². The van der Waals surface area contributed by atoms with Gasteiger partial charge in [0.05, 0.1) is 35.7 Å². The van der Waals surface area contributed by atoms with E-state index in [0.29, 0.717) is 31.1 Å². The second kappa shape index (κ2) is 11.0. The van der Waals surface area contributed by atoms with Crippen molar-refractivity contribution in [3.63, 3.8) is 0 Å². The minimum absolute atomic E-state index is 0.0178. The number of aromatic amines is 1. The molecule has 2 atom stereocenters. The molecule has 9 nitrogen and oxygen atoms in total. The molecule has 0 spiro atoms. The topological polar surface area (TPSA) is 103 Å². The lowest BCUT2D eigenvalue weighted by Gasteiger charge is -2.33. The van der Waals surface area contributed by atoms with E-state index in [-0.39, 0.29) is 23.1 Å². The van der Waals surface area contributed by atoms with Crippen LogP contribution in [0.5, 0.6) is 11.5 Å². The van der Waals surface area contributed by atoms with Crippen molar-refractivity contribution in [3.8, 4) is 11.5 Å². The third kappa shape index (κ3) is 5.49. The molecule has 2 aliphatic rings. The Morgan fingerprint density at radius 1 is 1.15 bits per heavy atom. The van der Waals surface area contributed by atoms with E-state index in [4.69, 9.17) is 9.47 Å². The SMILES string of the molecule is C[C@@H]1CN(c2cc3[nH]ncc3cc2Oc2ccc(NC(=O)C3=CC=CN(c4ccc(F)cc4)C3O)cc2F)CCO1. The lowest BCUT2D eigenvalue weighted by molar-refractivity contribution is -0.113. The molecular formula is C30H27F2N5O4. The number of hydrogen-bond donors (Lipinski definition) is 3. The predicted molar refractivity (Wildman–Crippen MR) is 151 cm³/mol. The first-order chi connectivity index (χ1) is 19.9. The van der Waals surface area contributed by atoms with E-state index in [1.54, 1.807) is 24.5 Å². The Balaban J connectivity index is 1.19. The number of fused-ring (bicyclic) bond motifs is 1. The first-order valence-electron chi connectivity index (χ1n) is 13.1. The Morgan fingerprint density at radius 3 is 2.76 bits per heavy atom. The molecule has 41 heavy (non-hydrogen) atoms. The molecule has 0 aliphatic carbocycles. The fourth-order valence-corrected chi connectivity index (χ4v) is 4.90. The third-order valence-corrected chi connectivity index (χ3v) is 6.96. The molecule has 3 N–H and O–H groups in total. The van der Waals surface area contributed by atoms with Crippen molar-refractivity contribution >= 4 is 33.9 Å². The van der Waals surface area contributed by atoms with Crippen molar-refractivity contribution in [1.29, 1.82) is 0 Å². The number of aliphatic hydroxyl groups excluding tert-OH is 1. The number of ether oxygens (including phenoxy) is 2. The molecule has 0 bridgehead atoms. The lowest BCUT2D eigenvalue weighted by atomic mass is 10.1. The fourth-order valence-electron chi connectivity index (χ4n) is 4.90. The van der Waals surface area contributed by atoms with Gasteiger partial charge >= 0.3 is 0 Å². The number of aliphatic hydroxyl groups is 1. The van der Waals surface area contributed by atoms with Crippen molar-refractivity contribution in [2.24, 2.45) is 0 Å². The fraction of sp³-hybridized carbons (Fsp3) is 0.200. The van der Waals surface area contributed by atoms with Crippen LogP contribution in [0.2, 0.25) is 0 Å². The number of anilines is 3. The Hall–Kier alpha value is -4.74. The summed E-state index contributed by atoms with van der Waals surface area (Å²) < 4.78 is 40.3. The molecule has 1 saturated heterocycles. The first-order valence-corrected chi connectivity index (χ1v) is 13.1. The molecule has 0 radical (unpaired) electrons. The maximum absolute atomic E-state index is 15.3. The summed E-state index contributed by atoms with van der Waals surface area (Å²) in [7, 11) is 0. The van der Waals surface area contributed by atoms with E-state index in [2.05, 4.69) is 20.4 Å². The highest BCUT2D eigenvalue weighted by molar-refractivity contribution is 6.05. The van der Waals surface area contributed by atoms with E-state index >= 15 is 4.39 Å². The van der Waals surface area contributed by atoms with E-state index in [1.807, 2.05) is 13.0 Å². The zero-order valence-corrected chi connectivity index (χ0v) is 22.1. The molecule has 1 amide bonds. The molecular weight excluding hydrogens is 532 g/mol. The Labute approximate surface area is 234 Å². The molecule has 4 aromatic rings. The molecule has 3 heterocycles. The maximum Gasteiger partial charge on any atom is 0.256 e. The molecule has 1 aromatic heterocycles. The first kappa shape index (κ1) is 26.5. The number of nitrogens with one attached hydrogen (secondary N) is 2. The van der Waals surface area contributed by atoms with Crippen molar-refractivity contribution in [2.45, 2.75) is 19.3 Å². The molecule has 11 heteroatoms. The summed E-state index contributed by atoms with van der Waals surface area (Å²) in [6.45, 7) is 3.86. The van der Waals surface area contributed by atoms with E-state index < -0.39 is 23.8 Å². The molecule has 2 aliphatic heterocycles. The van der Waals surface area contributed by atoms with E-state index in [9.17, 15) is 14.3 Å². The normalized spacial score (nSPS) is 18.9. The predicted octanol–water partition coefficient (Wildman–Crippen LogP) is 5.08. The summed E-state index contributed by atoms with van der Waals surface area (Å²) in [5.41, 5.74) is 2.34. The number of benzene rings is 3. The number of amides is 1. The highest BCUT2D eigenvalue weighted by Gasteiger charge is 2.27.